The van der Waals surface area contributed by atoms with E-state index < -0.39 is 38.4 Å². The molecule has 0 radical (unpaired) electrons. The Bertz CT molecular complexity index is 669. The van der Waals surface area contributed by atoms with Crippen molar-refractivity contribution in [2.75, 3.05) is 12.3 Å². The number of nitrogens with one attached hydrogen (secondary N) is 2. The Morgan fingerprint density at radius 3 is 2.67 bits per heavy atom. The number of nitrogen functional groups attached to an aromatic ring is 1. The molecule has 1 atom stereocenters. The molecule has 0 saturated carbocycles. The molecule has 1 amide bonds. The van der Waals surface area contributed by atoms with Crippen molar-refractivity contribution < 1.29 is 17.6 Å². The summed E-state index contributed by atoms with van der Waals surface area (Å²) in [6.07, 6.45) is 0. The first kappa shape index (κ1) is 18.1. The summed E-state index contributed by atoms with van der Waals surface area (Å²) in [7, 11) is -4.29. The standard InChI is InChI=1S/C11H14BrClFN3O3S/c1-3-16-11(18)5(2)17-21(19,20)7-4-6(13)8(12)10(15)9(7)14/h4-5,17H,3,15H2,1-2H3,(H,16,18). The molecule has 0 heterocycles. The number of hydrogen-bond donors (Lipinski definition) is 3. The largest absolute Gasteiger partial charge is 0.395 e. The van der Waals surface area contributed by atoms with Gasteiger partial charge in [-0.25, -0.2) is 12.8 Å². The van der Waals surface area contributed by atoms with Crippen LogP contribution in [0.3, 0.4) is 0 Å². The SMILES string of the molecule is CCNC(=O)C(C)NS(=O)(=O)c1cc(Cl)c(Br)c(N)c1F. The van der Waals surface area contributed by atoms with Gasteiger partial charge in [0.1, 0.15) is 4.90 Å². The Morgan fingerprint density at radius 1 is 1.57 bits per heavy atom. The van der Waals surface area contributed by atoms with Crippen molar-refractivity contribution in [1.29, 1.82) is 0 Å². The van der Waals surface area contributed by atoms with Crippen LogP contribution in [-0.4, -0.2) is 26.9 Å². The fraction of sp³-hybridized carbons (Fsp3) is 0.364. The Hall–Kier alpha value is -0.900. The third-order valence-corrected chi connectivity index (χ3v) is 5.44. The molecule has 0 aliphatic carbocycles. The Balaban J connectivity index is 3.18. The van der Waals surface area contributed by atoms with Crippen LogP contribution in [0.25, 0.3) is 0 Å². The van der Waals surface area contributed by atoms with E-state index in [4.69, 9.17) is 17.3 Å². The second-order valence-corrected chi connectivity index (χ2v) is 7.02. The number of amides is 1. The zero-order chi connectivity index (χ0) is 16.4. The van der Waals surface area contributed by atoms with Gasteiger partial charge in [-0.15, -0.1) is 0 Å². The van der Waals surface area contributed by atoms with Gasteiger partial charge in [-0.3, -0.25) is 4.79 Å². The molecule has 1 aromatic rings. The van der Waals surface area contributed by atoms with Gasteiger partial charge in [0.15, 0.2) is 5.82 Å². The number of sulfonamides is 1. The minimum absolute atomic E-state index is 0.0556. The van der Waals surface area contributed by atoms with Crippen molar-refractivity contribution in [3.8, 4) is 0 Å². The van der Waals surface area contributed by atoms with Crippen molar-refractivity contribution in [1.82, 2.24) is 10.0 Å². The Morgan fingerprint density at radius 2 is 2.14 bits per heavy atom. The highest BCUT2D eigenvalue weighted by molar-refractivity contribution is 9.10. The molecule has 0 spiro atoms. The number of carbonyl (C=O) groups is 1. The van der Waals surface area contributed by atoms with Gasteiger partial charge in [0.25, 0.3) is 0 Å². The molecule has 1 unspecified atom stereocenters. The monoisotopic (exact) mass is 401 g/mol. The number of carbonyl (C=O) groups excluding carboxylic acids is 1. The molecule has 0 aliphatic rings. The smallest absolute Gasteiger partial charge is 0.244 e. The van der Waals surface area contributed by atoms with E-state index in [0.29, 0.717) is 6.54 Å². The van der Waals surface area contributed by atoms with Crippen LogP contribution in [0.2, 0.25) is 5.02 Å². The third-order valence-electron chi connectivity index (χ3n) is 2.52. The molecule has 1 aromatic carbocycles. The van der Waals surface area contributed by atoms with Crippen molar-refractivity contribution in [3.63, 3.8) is 0 Å². The van der Waals surface area contributed by atoms with Crippen LogP contribution in [-0.2, 0) is 14.8 Å². The maximum absolute atomic E-state index is 14.0. The fourth-order valence-electron chi connectivity index (χ4n) is 1.47. The van der Waals surface area contributed by atoms with Gasteiger partial charge >= 0.3 is 0 Å². The quantitative estimate of drug-likeness (QED) is 0.514. The van der Waals surface area contributed by atoms with Gasteiger partial charge in [-0.2, -0.15) is 4.72 Å². The van der Waals surface area contributed by atoms with Gasteiger partial charge in [-0.05, 0) is 35.8 Å². The van der Waals surface area contributed by atoms with E-state index in [9.17, 15) is 17.6 Å². The zero-order valence-electron chi connectivity index (χ0n) is 11.2. The molecule has 0 fully saturated rings. The summed E-state index contributed by atoms with van der Waals surface area (Å²) in [5, 5.41) is 2.39. The maximum atomic E-state index is 14.0. The van der Waals surface area contributed by atoms with E-state index in [1.54, 1.807) is 6.92 Å². The highest BCUT2D eigenvalue weighted by atomic mass is 79.9. The average molecular weight is 403 g/mol. The number of benzene rings is 1. The van der Waals surface area contributed by atoms with Crippen LogP contribution in [0.1, 0.15) is 13.8 Å². The summed E-state index contributed by atoms with van der Waals surface area (Å²) in [5.74, 6) is -1.67. The summed E-state index contributed by atoms with van der Waals surface area (Å²) < 4.78 is 40.4. The molecule has 4 N–H and O–H groups in total. The first-order chi connectivity index (χ1) is 9.61. The molecule has 1 rings (SSSR count). The lowest BCUT2D eigenvalue weighted by Crippen LogP contribution is -2.44. The second-order valence-electron chi connectivity index (χ2n) is 4.14. The van der Waals surface area contributed by atoms with Gasteiger partial charge in [-0.1, -0.05) is 11.6 Å². The predicted molar refractivity (Wildman–Crippen MR) is 82.0 cm³/mol. The molecule has 118 valence electrons. The number of anilines is 1. The predicted octanol–water partition coefficient (Wildman–Crippen LogP) is 1.63. The molecule has 0 aromatic heterocycles. The summed E-state index contributed by atoms with van der Waals surface area (Å²) >= 11 is 8.73. The number of nitrogens with two attached hydrogens (primary N) is 1. The van der Waals surface area contributed by atoms with E-state index >= 15 is 0 Å². The van der Waals surface area contributed by atoms with E-state index in [1.807, 2.05) is 0 Å². The first-order valence-corrected chi connectivity index (χ1v) is 8.50. The number of halogens is 3. The summed E-state index contributed by atoms with van der Waals surface area (Å²) in [5.41, 5.74) is 5.02. The minimum Gasteiger partial charge on any atom is -0.395 e. The van der Waals surface area contributed by atoms with Crippen molar-refractivity contribution in [2.45, 2.75) is 24.8 Å². The first-order valence-electron chi connectivity index (χ1n) is 5.84. The van der Waals surface area contributed by atoms with Gasteiger partial charge in [0.05, 0.1) is 21.2 Å². The Kier molecular flexibility index (Phi) is 5.97. The molecular formula is C11H14BrClFN3O3S. The third kappa shape index (κ3) is 4.06. The minimum atomic E-state index is -4.29. The lowest BCUT2D eigenvalue weighted by molar-refractivity contribution is -0.122. The summed E-state index contributed by atoms with van der Waals surface area (Å²) in [6, 6.07) is -0.151. The van der Waals surface area contributed by atoms with E-state index in [-0.39, 0.29) is 9.50 Å². The maximum Gasteiger partial charge on any atom is 0.244 e. The van der Waals surface area contributed by atoms with Crippen LogP contribution < -0.4 is 15.8 Å². The number of likely N-dealkylation sites (N-methyl/N-ethyl adjacent to an activating group) is 1. The van der Waals surface area contributed by atoms with E-state index in [2.05, 4.69) is 26.0 Å². The van der Waals surface area contributed by atoms with E-state index in [0.717, 1.165) is 6.07 Å². The lowest BCUT2D eigenvalue weighted by Gasteiger charge is -2.15. The van der Waals surface area contributed by atoms with Crippen molar-refractivity contribution >= 4 is 49.1 Å². The van der Waals surface area contributed by atoms with Gasteiger partial charge < -0.3 is 11.1 Å². The van der Waals surface area contributed by atoms with Crippen LogP contribution >= 0.6 is 27.5 Å². The van der Waals surface area contributed by atoms with Gasteiger partial charge in [0.2, 0.25) is 15.9 Å². The van der Waals surface area contributed by atoms with E-state index in [1.165, 1.54) is 6.92 Å². The van der Waals surface area contributed by atoms with Crippen LogP contribution in [0.5, 0.6) is 0 Å². The fourth-order valence-corrected chi connectivity index (χ4v) is 3.35. The number of rotatable bonds is 5. The highest BCUT2D eigenvalue weighted by Crippen LogP contribution is 2.34. The van der Waals surface area contributed by atoms with Crippen molar-refractivity contribution in [3.05, 3.63) is 21.4 Å². The molecule has 0 aliphatic heterocycles. The normalized spacial score (nSPS) is 13.0. The van der Waals surface area contributed by atoms with Crippen LogP contribution in [0.15, 0.2) is 15.4 Å². The van der Waals surface area contributed by atoms with Crippen LogP contribution in [0, 0.1) is 5.82 Å². The molecule has 21 heavy (non-hydrogen) atoms. The molecule has 0 bridgehead atoms. The molecule has 0 saturated heterocycles. The lowest BCUT2D eigenvalue weighted by atomic mass is 10.3. The average Bonchev–Trinajstić information content (AvgIpc) is 2.40. The zero-order valence-corrected chi connectivity index (χ0v) is 14.4. The van der Waals surface area contributed by atoms with Crippen molar-refractivity contribution in [2.24, 2.45) is 0 Å². The topological polar surface area (TPSA) is 101 Å². The Labute approximate surface area is 135 Å². The second kappa shape index (κ2) is 6.91. The summed E-state index contributed by atoms with van der Waals surface area (Å²) in [6.45, 7) is 3.37. The molecule has 10 heteroatoms. The van der Waals surface area contributed by atoms with Crippen LogP contribution in [0.4, 0.5) is 10.1 Å². The summed E-state index contributed by atoms with van der Waals surface area (Å²) in [4.78, 5) is 10.8. The van der Waals surface area contributed by atoms with Gasteiger partial charge in [0, 0.05) is 6.54 Å². The molecular weight excluding hydrogens is 389 g/mol. The molecule has 6 nitrogen and oxygen atoms in total. The number of hydrogen-bond acceptors (Lipinski definition) is 4. The highest BCUT2D eigenvalue weighted by Gasteiger charge is 2.27.